The van der Waals surface area contributed by atoms with Gasteiger partial charge in [0.2, 0.25) is 0 Å². The Morgan fingerprint density at radius 2 is 2.62 bits per heavy atom. The SMILES string of the molecule is CC(C=C1CC=CO1)=NNC(N)=S. The second kappa shape index (κ2) is 4.61. The predicted octanol–water partition coefficient (Wildman–Crippen LogP) is 1.01. The van der Waals surface area contributed by atoms with Crippen LogP contribution in [0.15, 0.2) is 29.3 Å². The maximum atomic E-state index is 5.20. The van der Waals surface area contributed by atoms with Gasteiger partial charge in [0.1, 0.15) is 5.76 Å². The number of hydrazone groups is 1. The molecule has 0 bridgehead atoms. The van der Waals surface area contributed by atoms with Gasteiger partial charge in [-0.3, -0.25) is 5.43 Å². The summed E-state index contributed by atoms with van der Waals surface area (Å²) in [4.78, 5) is 0. The van der Waals surface area contributed by atoms with Crippen molar-refractivity contribution >= 4 is 23.0 Å². The average molecular weight is 197 g/mol. The molecule has 1 rings (SSSR count). The summed E-state index contributed by atoms with van der Waals surface area (Å²) < 4.78 is 5.14. The van der Waals surface area contributed by atoms with Crippen molar-refractivity contribution in [2.75, 3.05) is 0 Å². The zero-order valence-corrected chi connectivity index (χ0v) is 8.10. The number of allylic oxidation sites excluding steroid dienone is 2. The van der Waals surface area contributed by atoms with Gasteiger partial charge in [0.15, 0.2) is 5.11 Å². The molecular formula is C8H11N3OS. The van der Waals surface area contributed by atoms with Gasteiger partial charge in [-0.15, -0.1) is 0 Å². The summed E-state index contributed by atoms with van der Waals surface area (Å²) in [6.45, 7) is 1.83. The summed E-state index contributed by atoms with van der Waals surface area (Å²) in [5.74, 6) is 0.867. The van der Waals surface area contributed by atoms with E-state index in [-0.39, 0.29) is 5.11 Å². The first-order valence-corrected chi connectivity index (χ1v) is 4.21. The van der Waals surface area contributed by atoms with Gasteiger partial charge >= 0.3 is 0 Å². The first-order valence-electron chi connectivity index (χ1n) is 3.80. The van der Waals surface area contributed by atoms with Crippen LogP contribution < -0.4 is 11.2 Å². The fraction of sp³-hybridized carbons (Fsp3) is 0.250. The highest BCUT2D eigenvalue weighted by atomic mass is 32.1. The molecule has 4 nitrogen and oxygen atoms in total. The lowest BCUT2D eigenvalue weighted by Gasteiger charge is -1.98. The molecule has 0 aromatic carbocycles. The Labute approximate surface area is 82.1 Å². The van der Waals surface area contributed by atoms with E-state index in [0.29, 0.717) is 0 Å². The quantitative estimate of drug-likeness (QED) is 0.394. The summed E-state index contributed by atoms with van der Waals surface area (Å²) in [6, 6.07) is 0. The summed E-state index contributed by atoms with van der Waals surface area (Å²) in [6.07, 6.45) is 6.21. The Bertz CT molecular complexity index is 284. The van der Waals surface area contributed by atoms with Gasteiger partial charge in [-0.25, -0.2) is 0 Å². The highest BCUT2D eigenvalue weighted by molar-refractivity contribution is 7.80. The predicted molar refractivity (Wildman–Crippen MR) is 56.0 cm³/mol. The van der Waals surface area contributed by atoms with Crippen molar-refractivity contribution in [1.82, 2.24) is 5.43 Å². The Kier molecular flexibility index (Phi) is 3.45. The number of thiocarbonyl (C=S) groups is 1. The number of ether oxygens (including phenoxy) is 1. The first kappa shape index (κ1) is 9.73. The van der Waals surface area contributed by atoms with Gasteiger partial charge in [-0.2, -0.15) is 5.10 Å². The zero-order valence-electron chi connectivity index (χ0n) is 7.28. The van der Waals surface area contributed by atoms with Crippen molar-refractivity contribution in [1.29, 1.82) is 0 Å². The van der Waals surface area contributed by atoms with E-state index in [0.717, 1.165) is 17.9 Å². The summed E-state index contributed by atoms with van der Waals surface area (Å²) in [7, 11) is 0. The molecule has 0 aromatic rings. The molecule has 1 aliphatic rings. The molecule has 0 saturated carbocycles. The Morgan fingerprint density at radius 3 is 3.15 bits per heavy atom. The van der Waals surface area contributed by atoms with Crippen LogP contribution in [0.3, 0.4) is 0 Å². The van der Waals surface area contributed by atoms with E-state index in [9.17, 15) is 0 Å². The minimum absolute atomic E-state index is 0.156. The lowest BCUT2D eigenvalue weighted by molar-refractivity contribution is 0.368. The fourth-order valence-corrected chi connectivity index (χ4v) is 0.895. The Balaban J connectivity index is 2.48. The second-order valence-electron chi connectivity index (χ2n) is 2.53. The number of hydrogen-bond donors (Lipinski definition) is 2. The molecule has 0 amide bonds. The largest absolute Gasteiger partial charge is 0.469 e. The zero-order chi connectivity index (χ0) is 9.68. The van der Waals surface area contributed by atoms with E-state index >= 15 is 0 Å². The standard InChI is InChI=1S/C8H11N3OS/c1-6(10-11-8(9)13)5-7-3-2-4-12-7/h2,4-5H,3H2,1H3,(H3,9,11,13). The average Bonchev–Trinajstić information content (AvgIpc) is 2.53. The molecule has 1 heterocycles. The van der Waals surface area contributed by atoms with Crippen LogP contribution in [0, 0.1) is 0 Å². The molecule has 1 aliphatic heterocycles. The van der Waals surface area contributed by atoms with Crippen molar-refractivity contribution < 1.29 is 4.74 Å². The van der Waals surface area contributed by atoms with E-state index in [1.165, 1.54) is 0 Å². The minimum Gasteiger partial charge on any atom is -0.469 e. The third-order valence-corrected chi connectivity index (χ3v) is 1.44. The molecule has 0 spiro atoms. The normalized spacial score (nSPS) is 18.8. The van der Waals surface area contributed by atoms with Gasteiger partial charge < -0.3 is 10.5 Å². The maximum Gasteiger partial charge on any atom is 0.184 e. The van der Waals surface area contributed by atoms with E-state index in [4.69, 9.17) is 10.5 Å². The molecule has 13 heavy (non-hydrogen) atoms. The molecule has 0 radical (unpaired) electrons. The van der Waals surface area contributed by atoms with Gasteiger partial charge in [-0.1, -0.05) is 0 Å². The molecule has 3 N–H and O–H groups in total. The van der Waals surface area contributed by atoms with Crippen LogP contribution in [-0.4, -0.2) is 10.8 Å². The molecule has 0 aromatic heterocycles. The van der Waals surface area contributed by atoms with Crippen LogP contribution in [0.25, 0.3) is 0 Å². The summed E-state index contributed by atoms with van der Waals surface area (Å²) >= 11 is 4.59. The van der Waals surface area contributed by atoms with Gasteiger partial charge in [-0.05, 0) is 31.3 Å². The molecule has 0 atom stereocenters. The second-order valence-corrected chi connectivity index (χ2v) is 2.97. The van der Waals surface area contributed by atoms with Crippen molar-refractivity contribution in [3.05, 3.63) is 24.2 Å². The van der Waals surface area contributed by atoms with Crippen molar-refractivity contribution in [3.8, 4) is 0 Å². The van der Waals surface area contributed by atoms with Crippen LogP contribution in [-0.2, 0) is 4.74 Å². The first-order chi connectivity index (χ1) is 6.18. The number of rotatable bonds is 2. The van der Waals surface area contributed by atoms with E-state index in [1.54, 1.807) is 6.26 Å². The number of nitrogens with two attached hydrogens (primary N) is 1. The van der Waals surface area contributed by atoms with Crippen LogP contribution in [0.2, 0.25) is 0 Å². The highest BCUT2D eigenvalue weighted by Gasteiger charge is 2.00. The lowest BCUT2D eigenvalue weighted by atomic mass is 10.3. The van der Waals surface area contributed by atoms with Crippen LogP contribution in [0.5, 0.6) is 0 Å². The lowest BCUT2D eigenvalue weighted by Crippen LogP contribution is -2.24. The molecule has 0 unspecified atom stereocenters. The van der Waals surface area contributed by atoms with E-state index in [1.807, 2.05) is 19.1 Å². The Morgan fingerprint density at radius 1 is 1.85 bits per heavy atom. The molecule has 5 heteroatoms. The van der Waals surface area contributed by atoms with Crippen LogP contribution in [0.1, 0.15) is 13.3 Å². The van der Waals surface area contributed by atoms with Gasteiger partial charge in [0.05, 0.1) is 12.0 Å². The molecule has 0 fully saturated rings. The monoisotopic (exact) mass is 197 g/mol. The number of nitrogens with zero attached hydrogens (tertiary/aromatic N) is 1. The van der Waals surface area contributed by atoms with Gasteiger partial charge in [0.25, 0.3) is 0 Å². The summed E-state index contributed by atoms with van der Waals surface area (Å²) in [5, 5.41) is 4.06. The topological polar surface area (TPSA) is 59.6 Å². The Hall–Kier alpha value is -1.36. The third-order valence-electron chi connectivity index (χ3n) is 1.35. The minimum atomic E-state index is 0.156. The van der Waals surface area contributed by atoms with Crippen molar-refractivity contribution in [3.63, 3.8) is 0 Å². The van der Waals surface area contributed by atoms with E-state index in [2.05, 4.69) is 22.7 Å². The summed E-state index contributed by atoms with van der Waals surface area (Å²) in [5.41, 5.74) is 8.46. The van der Waals surface area contributed by atoms with Crippen molar-refractivity contribution in [2.24, 2.45) is 10.8 Å². The van der Waals surface area contributed by atoms with Crippen LogP contribution >= 0.6 is 12.2 Å². The third kappa shape index (κ3) is 3.71. The molecule has 70 valence electrons. The van der Waals surface area contributed by atoms with Crippen LogP contribution in [0.4, 0.5) is 0 Å². The molecule has 0 saturated heterocycles. The molecule has 0 aliphatic carbocycles. The van der Waals surface area contributed by atoms with Crippen molar-refractivity contribution in [2.45, 2.75) is 13.3 Å². The van der Waals surface area contributed by atoms with Gasteiger partial charge in [0, 0.05) is 6.42 Å². The number of nitrogens with one attached hydrogen (secondary N) is 1. The fourth-order valence-electron chi connectivity index (χ4n) is 0.849. The van der Waals surface area contributed by atoms with E-state index < -0.39 is 0 Å². The smallest absolute Gasteiger partial charge is 0.184 e. The highest BCUT2D eigenvalue weighted by Crippen LogP contribution is 2.12. The maximum absolute atomic E-state index is 5.20. The number of hydrogen-bond acceptors (Lipinski definition) is 3. The molecular weight excluding hydrogens is 186 g/mol.